The van der Waals surface area contributed by atoms with E-state index in [1.807, 2.05) is 12.1 Å². The summed E-state index contributed by atoms with van der Waals surface area (Å²) in [5.74, 6) is 0.835. The SMILES string of the molecule is C=C1c2cc3c(cc2C(c2cc(OC)c(C=O)c(OC)c2)[C@@H]2C(=O)OC[C@H]12)OCO3. The number of benzene rings is 2. The van der Waals surface area contributed by atoms with Crippen molar-refractivity contribution < 1.29 is 33.3 Å². The fourth-order valence-electron chi connectivity index (χ4n) is 4.75. The van der Waals surface area contributed by atoms with Crippen LogP contribution in [0.5, 0.6) is 23.0 Å². The van der Waals surface area contributed by atoms with Crippen molar-refractivity contribution in [2.24, 2.45) is 11.8 Å². The van der Waals surface area contributed by atoms with Gasteiger partial charge in [0.1, 0.15) is 11.5 Å². The molecule has 2 aromatic rings. The van der Waals surface area contributed by atoms with Crippen LogP contribution in [0, 0.1) is 11.8 Å². The first-order valence-corrected chi connectivity index (χ1v) is 9.57. The summed E-state index contributed by atoms with van der Waals surface area (Å²) in [7, 11) is 2.99. The third-order valence-electron chi connectivity index (χ3n) is 6.19. The minimum Gasteiger partial charge on any atom is -0.496 e. The second-order valence-corrected chi connectivity index (χ2v) is 7.51. The Hall–Kier alpha value is -3.48. The van der Waals surface area contributed by atoms with Gasteiger partial charge in [-0.2, -0.15) is 0 Å². The highest BCUT2D eigenvalue weighted by molar-refractivity contribution is 5.88. The summed E-state index contributed by atoms with van der Waals surface area (Å²) in [5, 5.41) is 0. The monoisotopic (exact) mass is 408 g/mol. The molecule has 0 radical (unpaired) electrons. The van der Waals surface area contributed by atoms with Gasteiger partial charge in [-0.15, -0.1) is 0 Å². The van der Waals surface area contributed by atoms with Crippen LogP contribution in [0.2, 0.25) is 0 Å². The van der Waals surface area contributed by atoms with E-state index in [-0.39, 0.29) is 31.2 Å². The second kappa shape index (κ2) is 6.79. The van der Waals surface area contributed by atoms with Gasteiger partial charge in [-0.3, -0.25) is 9.59 Å². The number of methoxy groups -OCH3 is 2. The zero-order chi connectivity index (χ0) is 21.0. The van der Waals surface area contributed by atoms with Gasteiger partial charge >= 0.3 is 5.97 Å². The molecule has 0 saturated carbocycles. The fraction of sp³-hybridized carbons (Fsp3) is 0.304. The number of aldehydes is 1. The van der Waals surface area contributed by atoms with E-state index in [1.165, 1.54) is 14.2 Å². The Bertz CT molecular complexity index is 1060. The van der Waals surface area contributed by atoms with E-state index in [2.05, 4.69) is 6.58 Å². The third kappa shape index (κ3) is 2.51. The van der Waals surface area contributed by atoms with Gasteiger partial charge in [-0.05, 0) is 46.5 Å². The molecule has 3 aliphatic rings. The smallest absolute Gasteiger partial charge is 0.310 e. The van der Waals surface area contributed by atoms with Gasteiger partial charge in [0.25, 0.3) is 0 Å². The molecule has 154 valence electrons. The van der Waals surface area contributed by atoms with Crippen molar-refractivity contribution in [3.05, 3.63) is 53.1 Å². The largest absolute Gasteiger partial charge is 0.496 e. The van der Waals surface area contributed by atoms with E-state index in [0.29, 0.717) is 34.8 Å². The first kappa shape index (κ1) is 18.5. The Kier molecular flexibility index (Phi) is 4.20. The molecule has 3 atom stereocenters. The van der Waals surface area contributed by atoms with E-state index in [0.717, 1.165) is 22.3 Å². The lowest BCUT2D eigenvalue weighted by molar-refractivity contribution is -0.141. The minimum atomic E-state index is -0.443. The van der Waals surface area contributed by atoms with E-state index in [4.69, 9.17) is 23.7 Å². The number of ether oxygens (including phenoxy) is 5. The highest BCUT2D eigenvalue weighted by Crippen LogP contribution is 2.54. The van der Waals surface area contributed by atoms with E-state index in [9.17, 15) is 9.59 Å². The molecule has 1 aliphatic carbocycles. The Morgan fingerprint density at radius 2 is 1.70 bits per heavy atom. The van der Waals surface area contributed by atoms with Crippen molar-refractivity contribution in [3.8, 4) is 23.0 Å². The zero-order valence-corrected chi connectivity index (χ0v) is 16.6. The van der Waals surface area contributed by atoms with Crippen molar-refractivity contribution in [2.75, 3.05) is 27.6 Å². The van der Waals surface area contributed by atoms with Gasteiger partial charge in [-0.25, -0.2) is 0 Å². The number of fused-ring (bicyclic) bond motifs is 3. The Morgan fingerprint density at radius 1 is 1.03 bits per heavy atom. The number of cyclic esters (lactones) is 1. The quantitative estimate of drug-likeness (QED) is 0.568. The first-order valence-electron chi connectivity index (χ1n) is 9.57. The highest BCUT2D eigenvalue weighted by atomic mass is 16.7. The van der Waals surface area contributed by atoms with Crippen LogP contribution in [0.4, 0.5) is 0 Å². The summed E-state index contributed by atoms with van der Waals surface area (Å²) >= 11 is 0. The van der Waals surface area contributed by atoms with Gasteiger partial charge < -0.3 is 23.7 Å². The average Bonchev–Trinajstić information content (AvgIpc) is 3.38. The van der Waals surface area contributed by atoms with Crippen LogP contribution < -0.4 is 18.9 Å². The van der Waals surface area contributed by atoms with Crippen molar-refractivity contribution in [1.82, 2.24) is 0 Å². The third-order valence-corrected chi connectivity index (χ3v) is 6.19. The average molecular weight is 408 g/mol. The lowest BCUT2D eigenvalue weighted by Gasteiger charge is -2.35. The molecule has 0 bridgehead atoms. The lowest BCUT2D eigenvalue weighted by Crippen LogP contribution is -2.30. The fourth-order valence-corrected chi connectivity index (χ4v) is 4.75. The first-order chi connectivity index (χ1) is 14.6. The molecule has 2 aliphatic heterocycles. The van der Waals surface area contributed by atoms with Crippen LogP contribution in [0.3, 0.4) is 0 Å². The van der Waals surface area contributed by atoms with Gasteiger partial charge in [0.2, 0.25) is 6.79 Å². The predicted octanol–water partition coefficient (Wildman–Crippen LogP) is 3.19. The molecule has 7 heteroatoms. The normalized spacial score (nSPS) is 23.5. The zero-order valence-electron chi connectivity index (χ0n) is 16.6. The van der Waals surface area contributed by atoms with E-state index in [1.54, 1.807) is 12.1 Å². The number of rotatable bonds is 4. The van der Waals surface area contributed by atoms with E-state index < -0.39 is 5.92 Å². The summed E-state index contributed by atoms with van der Waals surface area (Å²) in [4.78, 5) is 24.4. The molecule has 7 nitrogen and oxygen atoms in total. The molecule has 1 saturated heterocycles. The maximum atomic E-state index is 12.8. The van der Waals surface area contributed by atoms with Crippen molar-refractivity contribution in [2.45, 2.75) is 5.92 Å². The molecule has 5 rings (SSSR count). The number of esters is 1. The molecule has 1 fully saturated rings. The van der Waals surface area contributed by atoms with Gasteiger partial charge in [0, 0.05) is 11.8 Å². The number of carbonyl (C=O) groups excluding carboxylic acids is 2. The van der Waals surface area contributed by atoms with Crippen LogP contribution in [0.1, 0.15) is 33.0 Å². The summed E-state index contributed by atoms with van der Waals surface area (Å²) in [5.41, 5.74) is 3.77. The van der Waals surface area contributed by atoms with Gasteiger partial charge in [0.15, 0.2) is 17.8 Å². The Balaban J connectivity index is 1.76. The molecule has 2 aromatic carbocycles. The second-order valence-electron chi connectivity index (χ2n) is 7.51. The Labute approximate surface area is 173 Å². The van der Waals surface area contributed by atoms with Crippen LogP contribution in [-0.2, 0) is 9.53 Å². The minimum absolute atomic E-state index is 0.153. The summed E-state index contributed by atoms with van der Waals surface area (Å²) in [6.45, 7) is 4.69. The number of hydrogen-bond donors (Lipinski definition) is 0. The predicted molar refractivity (Wildman–Crippen MR) is 106 cm³/mol. The lowest BCUT2D eigenvalue weighted by atomic mass is 9.65. The maximum Gasteiger partial charge on any atom is 0.310 e. The standard InChI is InChI=1S/C23H20O7/c1-11-13-6-19-20(30-10-29-19)7-14(13)21(22-16(11)9-28-23(22)25)12-4-17(26-2)15(8-24)18(5-12)27-3/h4-8,16,21-22H,1,9-10H2,2-3H3/t16-,21?,22-/m1/s1. The topological polar surface area (TPSA) is 80.3 Å². The summed E-state index contributed by atoms with van der Waals surface area (Å²) in [6, 6.07) is 7.38. The number of hydrogen-bond acceptors (Lipinski definition) is 7. The maximum absolute atomic E-state index is 12.8. The molecule has 0 N–H and O–H groups in total. The molecular weight excluding hydrogens is 388 g/mol. The van der Waals surface area contributed by atoms with Crippen LogP contribution in [0.25, 0.3) is 5.57 Å². The molecule has 30 heavy (non-hydrogen) atoms. The van der Waals surface area contributed by atoms with Crippen molar-refractivity contribution in [3.63, 3.8) is 0 Å². The highest BCUT2D eigenvalue weighted by Gasteiger charge is 2.50. The number of carbonyl (C=O) groups is 2. The summed E-state index contributed by atoms with van der Waals surface area (Å²) in [6.07, 6.45) is 0.697. The van der Waals surface area contributed by atoms with Crippen molar-refractivity contribution in [1.29, 1.82) is 0 Å². The molecule has 1 unspecified atom stereocenters. The molecule has 0 aromatic heterocycles. The van der Waals surface area contributed by atoms with E-state index >= 15 is 0 Å². The van der Waals surface area contributed by atoms with Gasteiger partial charge in [-0.1, -0.05) is 6.58 Å². The van der Waals surface area contributed by atoms with Crippen LogP contribution in [0.15, 0.2) is 30.8 Å². The molecule has 0 spiro atoms. The van der Waals surface area contributed by atoms with Gasteiger partial charge in [0.05, 0.1) is 32.3 Å². The molecule has 2 heterocycles. The molecule has 0 amide bonds. The van der Waals surface area contributed by atoms with Crippen LogP contribution >= 0.6 is 0 Å². The summed E-state index contributed by atoms with van der Waals surface area (Å²) < 4.78 is 27.4. The van der Waals surface area contributed by atoms with Crippen molar-refractivity contribution >= 4 is 17.8 Å². The Morgan fingerprint density at radius 3 is 2.33 bits per heavy atom. The molecular formula is C23H20O7. The van der Waals surface area contributed by atoms with Crippen LogP contribution in [-0.4, -0.2) is 39.9 Å².